The van der Waals surface area contributed by atoms with Crippen molar-refractivity contribution in [3.05, 3.63) is 82.1 Å². The van der Waals surface area contributed by atoms with Crippen molar-refractivity contribution < 1.29 is 23.7 Å². The molecule has 0 saturated heterocycles. The van der Waals surface area contributed by atoms with Crippen LogP contribution < -0.4 is 29.1 Å². The van der Waals surface area contributed by atoms with Crippen molar-refractivity contribution in [2.24, 2.45) is 4.99 Å². The monoisotopic (exact) mass is 648 g/mol. The van der Waals surface area contributed by atoms with E-state index in [-0.39, 0.29) is 11.7 Å². The first-order chi connectivity index (χ1) is 18.2. The van der Waals surface area contributed by atoms with Crippen molar-refractivity contribution in [1.29, 1.82) is 0 Å². The standard InChI is InChI=1S/C28H29IN2O6S/c1-7-36-19-10-8-18(9-11-19)24-23(27(33)37-15(2)3)16(4)30-28-31(24)26(32)22(38-28)14-17-12-20(29)25(35-6)21(13-17)34-5/h8-15,24H,7H2,1-6H3/b22-14+/t24-/m0/s1. The zero-order valence-electron chi connectivity index (χ0n) is 22.0. The number of nitrogens with zero attached hydrogens (tertiary/aromatic N) is 2. The normalized spacial score (nSPS) is 15.3. The van der Waals surface area contributed by atoms with E-state index in [0.717, 1.165) is 14.7 Å². The van der Waals surface area contributed by atoms with Crippen LogP contribution in [-0.2, 0) is 9.53 Å². The molecule has 1 atom stereocenters. The molecule has 0 unspecified atom stereocenters. The lowest BCUT2D eigenvalue weighted by Gasteiger charge is -2.25. The van der Waals surface area contributed by atoms with Crippen molar-refractivity contribution in [2.75, 3.05) is 20.8 Å². The summed E-state index contributed by atoms with van der Waals surface area (Å²) in [6.07, 6.45) is 1.48. The summed E-state index contributed by atoms with van der Waals surface area (Å²) in [5, 5.41) is 0. The number of rotatable bonds is 8. The van der Waals surface area contributed by atoms with Gasteiger partial charge < -0.3 is 18.9 Å². The molecule has 0 saturated carbocycles. The predicted molar refractivity (Wildman–Crippen MR) is 155 cm³/mol. The molecule has 0 aliphatic carbocycles. The summed E-state index contributed by atoms with van der Waals surface area (Å²) in [7, 11) is 3.16. The molecule has 200 valence electrons. The summed E-state index contributed by atoms with van der Waals surface area (Å²) in [6, 6.07) is 10.4. The smallest absolute Gasteiger partial charge is 0.338 e. The Bertz CT molecular complexity index is 1570. The quantitative estimate of drug-likeness (QED) is 0.269. The van der Waals surface area contributed by atoms with Crippen molar-refractivity contribution in [1.82, 2.24) is 4.57 Å². The molecule has 0 N–H and O–H groups in total. The number of carbonyl (C=O) groups excluding carboxylic acids is 1. The topological polar surface area (TPSA) is 88.4 Å². The van der Waals surface area contributed by atoms with Gasteiger partial charge >= 0.3 is 5.97 Å². The molecule has 0 amide bonds. The molecule has 2 heterocycles. The number of halogens is 1. The van der Waals surface area contributed by atoms with Gasteiger partial charge in [0.1, 0.15) is 5.75 Å². The van der Waals surface area contributed by atoms with Gasteiger partial charge in [0.15, 0.2) is 16.3 Å². The molecule has 38 heavy (non-hydrogen) atoms. The van der Waals surface area contributed by atoms with E-state index in [2.05, 4.69) is 27.6 Å². The predicted octanol–water partition coefficient (Wildman–Crippen LogP) is 4.21. The third kappa shape index (κ3) is 5.51. The van der Waals surface area contributed by atoms with E-state index < -0.39 is 12.0 Å². The first kappa shape index (κ1) is 27.9. The number of fused-ring (bicyclic) bond motifs is 1. The summed E-state index contributed by atoms with van der Waals surface area (Å²) in [6.45, 7) is 7.80. The van der Waals surface area contributed by atoms with Crippen molar-refractivity contribution in [3.8, 4) is 17.2 Å². The second-order valence-electron chi connectivity index (χ2n) is 8.78. The molecule has 1 aromatic heterocycles. The number of thiazole rings is 1. The number of hydrogen-bond acceptors (Lipinski definition) is 8. The van der Waals surface area contributed by atoms with Crippen LogP contribution in [-0.4, -0.2) is 37.5 Å². The third-order valence-electron chi connectivity index (χ3n) is 5.84. The maximum atomic E-state index is 13.9. The van der Waals surface area contributed by atoms with Gasteiger partial charge in [0.2, 0.25) is 0 Å². The van der Waals surface area contributed by atoms with Gasteiger partial charge in [0.25, 0.3) is 5.56 Å². The van der Waals surface area contributed by atoms with E-state index in [1.807, 2.05) is 43.3 Å². The van der Waals surface area contributed by atoms with E-state index in [4.69, 9.17) is 18.9 Å². The van der Waals surface area contributed by atoms with Gasteiger partial charge in [-0.2, -0.15) is 0 Å². The molecule has 1 aliphatic heterocycles. The maximum Gasteiger partial charge on any atom is 0.338 e. The Hall–Kier alpha value is -3.12. The lowest BCUT2D eigenvalue weighted by Crippen LogP contribution is -2.40. The fourth-order valence-electron chi connectivity index (χ4n) is 4.26. The maximum absolute atomic E-state index is 13.9. The van der Waals surface area contributed by atoms with E-state index in [1.54, 1.807) is 45.6 Å². The fourth-order valence-corrected chi connectivity index (χ4v) is 6.15. The molecule has 10 heteroatoms. The highest BCUT2D eigenvalue weighted by Gasteiger charge is 2.33. The van der Waals surface area contributed by atoms with Gasteiger partial charge in [-0.3, -0.25) is 9.36 Å². The van der Waals surface area contributed by atoms with Crippen LogP contribution >= 0.6 is 33.9 Å². The minimum Gasteiger partial charge on any atom is -0.494 e. The number of methoxy groups -OCH3 is 2. The lowest BCUT2D eigenvalue weighted by molar-refractivity contribution is -0.143. The van der Waals surface area contributed by atoms with Crippen LogP contribution in [0.1, 0.15) is 44.9 Å². The SMILES string of the molecule is CCOc1ccc([C@H]2C(C(=O)OC(C)C)=C(C)N=c3s/c(=C/c4cc(I)c(OC)c(OC)c4)c(=O)n32)cc1. The molecular weight excluding hydrogens is 619 g/mol. The van der Waals surface area contributed by atoms with E-state index >= 15 is 0 Å². The first-order valence-electron chi connectivity index (χ1n) is 12.1. The first-order valence-corrected chi connectivity index (χ1v) is 14.0. The minimum absolute atomic E-state index is 0.250. The van der Waals surface area contributed by atoms with Crippen LogP contribution in [0.3, 0.4) is 0 Å². The van der Waals surface area contributed by atoms with E-state index in [0.29, 0.717) is 44.5 Å². The molecular formula is C28H29IN2O6S. The summed E-state index contributed by atoms with van der Waals surface area (Å²) in [4.78, 5) is 32.3. The second kappa shape index (κ2) is 11.7. The van der Waals surface area contributed by atoms with E-state index in [1.165, 1.54) is 11.3 Å². The molecule has 8 nitrogen and oxygen atoms in total. The van der Waals surface area contributed by atoms with Gasteiger partial charge in [-0.05, 0) is 91.8 Å². The second-order valence-corrected chi connectivity index (χ2v) is 10.9. The van der Waals surface area contributed by atoms with Gasteiger partial charge in [0, 0.05) is 0 Å². The molecule has 1 aliphatic rings. The Morgan fingerprint density at radius 3 is 2.50 bits per heavy atom. The number of allylic oxidation sites excluding steroid dienone is 1. The highest BCUT2D eigenvalue weighted by Crippen LogP contribution is 2.34. The van der Waals surface area contributed by atoms with Crippen molar-refractivity contribution in [3.63, 3.8) is 0 Å². The van der Waals surface area contributed by atoms with E-state index in [9.17, 15) is 9.59 Å². The average Bonchev–Trinajstić information content (AvgIpc) is 3.17. The Balaban J connectivity index is 1.91. The van der Waals surface area contributed by atoms with Crippen molar-refractivity contribution >= 4 is 46.0 Å². The van der Waals surface area contributed by atoms with Crippen LogP contribution in [0.4, 0.5) is 0 Å². The fraction of sp³-hybridized carbons (Fsp3) is 0.321. The molecule has 3 aromatic rings. The van der Waals surface area contributed by atoms with Crippen LogP contribution in [0.15, 0.2) is 57.5 Å². The number of ether oxygens (including phenoxy) is 4. The molecule has 0 fully saturated rings. The molecule has 4 rings (SSSR count). The number of aromatic nitrogens is 1. The molecule has 0 bridgehead atoms. The van der Waals surface area contributed by atoms with Crippen LogP contribution in [0.5, 0.6) is 17.2 Å². The zero-order chi connectivity index (χ0) is 27.6. The number of hydrogen-bond donors (Lipinski definition) is 0. The highest BCUT2D eigenvalue weighted by molar-refractivity contribution is 14.1. The number of carbonyl (C=O) groups is 1. The summed E-state index contributed by atoms with van der Waals surface area (Å²) in [5.74, 6) is 1.41. The highest BCUT2D eigenvalue weighted by atomic mass is 127. The molecule has 0 radical (unpaired) electrons. The zero-order valence-corrected chi connectivity index (χ0v) is 25.0. The average molecular weight is 649 g/mol. The van der Waals surface area contributed by atoms with Crippen molar-refractivity contribution in [2.45, 2.75) is 39.8 Å². The van der Waals surface area contributed by atoms with Crippen LogP contribution in [0.2, 0.25) is 0 Å². The lowest BCUT2D eigenvalue weighted by atomic mass is 9.96. The molecule has 0 spiro atoms. The summed E-state index contributed by atoms with van der Waals surface area (Å²) in [5.41, 5.74) is 2.14. The number of esters is 1. The molecule has 2 aromatic carbocycles. The van der Waals surface area contributed by atoms with Gasteiger partial charge in [-0.1, -0.05) is 23.5 Å². The summed E-state index contributed by atoms with van der Waals surface area (Å²) >= 11 is 3.44. The number of benzene rings is 2. The summed E-state index contributed by atoms with van der Waals surface area (Å²) < 4.78 is 25.0. The van der Waals surface area contributed by atoms with Crippen LogP contribution in [0, 0.1) is 3.57 Å². The minimum atomic E-state index is -0.694. The Morgan fingerprint density at radius 2 is 1.89 bits per heavy atom. The Kier molecular flexibility index (Phi) is 8.61. The largest absolute Gasteiger partial charge is 0.494 e. The van der Waals surface area contributed by atoms with Gasteiger partial charge in [-0.25, -0.2) is 9.79 Å². The van der Waals surface area contributed by atoms with Gasteiger partial charge in [0.05, 0.1) is 52.3 Å². The van der Waals surface area contributed by atoms with Gasteiger partial charge in [-0.15, -0.1) is 0 Å². The van der Waals surface area contributed by atoms with Crippen LogP contribution in [0.25, 0.3) is 6.08 Å². The Morgan fingerprint density at radius 1 is 1.18 bits per heavy atom. The Labute approximate surface area is 238 Å². The third-order valence-corrected chi connectivity index (χ3v) is 7.63.